The highest BCUT2D eigenvalue weighted by atomic mass is 16.5. The topological polar surface area (TPSA) is 29.5 Å². The van der Waals surface area contributed by atoms with Gasteiger partial charge in [0.05, 0.1) is 0 Å². The third-order valence-corrected chi connectivity index (χ3v) is 2.64. The number of hydrogen-bond acceptors (Lipinski definition) is 3. The molecule has 3 heteroatoms. The third kappa shape index (κ3) is 3.99. The lowest BCUT2D eigenvalue weighted by molar-refractivity contribution is 0.104. The Morgan fingerprint density at radius 3 is 2.15 bits per heavy atom. The second-order valence-corrected chi connectivity index (χ2v) is 4.58. The van der Waals surface area contributed by atoms with Gasteiger partial charge >= 0.3 is 0 Å². The molecule has 20 heavy (non-hydrogen) atoms. The fourth-order valence-electron chi connectivity index (χ4n) is 1.62. The first-order valence-electron chi connectivity index (χ1n) is 6.37. The molecular formula is C17H17NO2. The van der Waals surface area contributed by atoms with E-state index in [0.717, 1.165) is 5.75 Å². The molecule has 0 unspecified atom stereocenters. The monoisotopic (exact) mass is 267 g/mol. The van der Waals surface area contributed by atoms with Crippen molar-refractivity contribution in [2.75, 3.05) is 14.1 Å². The molecule has 0 aromatic heterocycles. The summed E-state index contributed by atoms with van der Waals surface area (Å²) in [6.07, 6.45) is 3.28. The van der Waals surface area contributed by atoms with E-state index < -0.39 is 0 Å². The number of carbonyl (C=O) groups is 1. The number of allylic oxidation sites excluding steroid dienone is 1. The van der Waals surface area contributed by atoms with Crippen LogP contribution in [-0.2, 0) is 0 Å². The van der Waals surface area contributed by atoms with Gasteiger partial charge in [-0.2, -0.15) is 0 Å². The van der Waals surface area contributed by atoms with Gasteiger partial charge in [-0.15, -0.1) is 0 Å². The molecule has 2 rings (SSSR count). The van der Waals surface area contributed by atoms with Crippen molar-refractivity contribution in [2.45, 2.75) is 0 Å². The molecule has 0 atom stereocenters. The fourth-order valence-corrected chi connectivity index (χ4v) is 1.62. The zero-order valence-electron chi connectivity index (χ0n) is 11.6. The lowest BCUT2D eigenvalue weighted by Gasteiger charge is -2.06. The smallest absolute Gasteiger partial charge is 0.187 e. The number of ketones is 1. The normalized spacial score (nSPS) is 10.5. The van der Waals surface area contributed by atoms with Crippen LogP contribution in [0.15, 0.2) is 66.9 Å². The summed E-state index contributed by atoms with van der Waals surface area (Å²) in [5.41, 5.74) is 0.642. The van der Waals surface area contributed by atoms with Gasteiger partial charge in [0.15, 0.2) is 5.78 Å². The van der Waals surface area contributed by atoms with Crippen molar-refractivity contribution in [1.29, 1.82) is 0 Å². The van der Waals surface area contributed by atoms with Crippen molar-refractivity contribution in [3.05, 3.63) is 72.4 Å². The van der Waals surface area contributed by atoms with Crippen LogP contribution in [-0.4, -0.2) is 24.8 Å². The second kappa shape index (κ2) is 6.57. The Bertz CT molecular complexity index is 586. The lowest BCUT2D eigenvalue weighted by atomic mass is 10.1. The zero-order valence-corrected chi connectivity index (χ0v) is 11.6. The van der Waals surface area contributed by atoms with Crippen LogP contribution in [0.2, 0.25) is 0 Å². The van der Waals surface area contributed by atoms with E-state index in [1.165, 1.54) is 0 Å². The Hall–Kier alpha value is -2.55. The molecule has 0 fully saturated rings. The maximum absolute atomic E-state index is 11.9. The molecule has 0 saturated heterocycles. The minimum Gasteiger partial charge on any atom is -0.457 e. The van der Waals surface area contributed by atoms with E-state index in [9.17, 15) is 4.79 Å². The average Bonchev–Trinajstić information content (AvgIpc) is 2.46. The summed E-state index contributed by atoms with van der Waals surface area (Å²) >= 11 is 0. The molecule has 2 aromatic rings. The number of para-hydroxylation sites is 1. The number of carbonyl (C=O) groups excluding carboxylic acids is 1. The Balaban J connectivity index is 2.05. The molecule has 0 radical (unpaired) electrons. The van der Waals surface area contributed by atoms with E-state index in [2.05, 4.69) is 0 Å². The first-order chi connectivity index (χ1) is 9.65. The van der Waals surface area contributed by atoms with Crippen molar-refractivity contribution in [1.82, 2.24) is 4.90 Å². The molecule has 0 N–H and O–H groups in total. The van der Waals surface area contributed by atoms with Gasteiger partial charge in [-0.05, 0) is 36.4 Å². The van der Waals surface area contributed by atoms with Crippen molar-refractivity contribution >= 4 is 5.78 Å². The Morgan fingerprint density at radius 1 is 0.950 bits per heavy atom. The van der Waals surface area contributed by atoms with Crippen LogP contribution in [0.1, 0.15) is 10.4 Å². The van der Waals surface area contributed by atoms with Crippen LogP contribution in [0.25, 0.3) is 0 Å². The minimum absolute atomic E-state index is 0.0232. The maximum atomic E-state index is 11.9. The molecule has 0 bridgehead atoms. The maximum Gasteiger partial charge on any atom is 0.187 e. The SMILES string of the molecule is CN(C)C=CC(=O)c1ccc(Oc2ccccc2)cc1. The van der Waals surface area contributed by atoms with Gasteiger partial charge in [0, 0.05) is 31.9 Å². The molecule has 3 nitrogen and oxygen atoms in total. The van der Waals surface area contributed by atoms with Crippen LogP contribution in [0.3, 0.4) is 0 Å². The summed E-state index contributed by atoms with van der Waals surface area (Å²) in [6, 6.07) is 16.7. The highest BCUT2D eigenvalue weighted by Gasteiger charge is 2.02. The summed E-state index contributed by atoms with van der Waals surface area (Å²) in [5, 5.41) is 0. The number of benzene rings is 2. The highest BCUT2D eigenvalue weighted by Crippen LogP contribution is 2.21. The number of nitrogens with zero attached hydrogens (tertiary/aromatic N) is 1. The third-order valence-electron chi connectivity index (χ3n) is 2.64. The number of rotatable bonds is 5. The molecule has 0 amide bonds. The molecule has 102 valence electrons. The average molecular weight is 267 g/mol. The molecule has 2 aromatic carbocycles. The first-order valence-corrected chi connectivity index (χ1v) is 6.37. The van der Waals surface area contributed by atoms with Crippen LogP contribution in [0.4, 0.5) is 0 Å². The van der Waals surface area contributed by atoms with Gasteiger partial charge < -0.3 is 9.64 Å². The first kappa shape index (κ1) is 13.9. The van der Waals surface area contributed by atoms with Crippen LogP contribution < -0.4 is 4.74 Å². The molecule has 0 heterocycles. The van der Waals surface area contributed by atoms with E-state index in [-0.39, 0.29) is 5.78 Å². The largest absolute Gasteiger partial charge is 0.457 e. The fraction of sp³-hybridized carbons (Fsp3) is 0.118. The Kier molecular flexibility index (Phi) is 4.56. The Morgan fingerprint density at radius 2 is 1.55 bits per heavy atom. The molecule has 0 saturated carbocycles. The summed E-state index contributed by atoms with van der Waals surface area (Å²) in [4.78, 5) is 13.7. The van der Waals surface area contributed by atoms with Crippen LogP contribution in [0.5, 0.6) is 11.5 Å². The number of hydrogen-bond donors (Lipinski definition) is 0. The summed E-state index contributed by atoms with van der Waals surface area (Å²) in [5.74, 6) is 1.47. The summed E-state index contributed by atoms with van der Waals surface area (Å²) < 4.78 is 5.67. The van der Waals surface area contributed by atoms with E-state index in [4.69, 9.17) is 4.74 Å². The van der Waals surface area contributed by atoms with E-state index in [0.29, 0.717) is 11.3 Å². The quantitative estimate of drug-likeness (QED) is 0.610. The van der Waals surface area contributed by atoms with Crippen LogP contribution >= 0.6 is 0 Å². The second-order valence-electron chi connectivity index (χ2n) is 4.58. The molecule has 0 aliphatic carbocycles. The summed E-state index contributed by atoms with van der Waals surface area (Å²) in [6.45, 7) is 0. The van der Waals surface area contributed by atoms with Gasteiger partial charge in [-0.25, -0.2) is 0 Å². The van der Waals surface area contributed by atoms with Crippen molar-refractivity contribution in [3.63, 3.8) is 0 Å². The van der Waals surface area contributed by atoms with Crippen molar-refractivity contribution in [3.8, 4) is 11.5 Å². The van der Waals surface area contributed by atoms with Crippen molar-refractivity contribution < 1.29 is 9.53 Å². The lowest BCUT2D eigenvalue weighted by Crippen LogP contribution is -2.03. The standard InChI is InChI=1S/C17H17NO2/c1-18(2)13-12-17(19)14-8-10-16(11-9-14)20-15-6-4-3-5-7-15/h3-13H,1-2H3. The molecule has 0 spiro atoms. The number of ether oxygens (including phenoxy) is 1. The molecule has 0 aliphatic heterocycles. The van der Waals surface area contributed by atoms with Crippen LogP contribution in [0, 0.1) is 0 Å². The summed E-state index contributed by atoms with van der Waals surface area (Å²) in [7, 11) is 3.75. The Labute approximate surface area is 119 Å². The predicted octanol–water partition coefficient (Wildman–Crippen LogP) is 3.74. The highest BCUT2D eigenvalue weighted by molar-refractivity contribution is 6.04. The van der Waals surface area contributed by atoms with Gasteiger partial charge in [0.2, 0.25) is 0 Å². The van der Waals surface area contributed by atoms with E-state index in [1.54, 1.807) is 36.5 Å². The molecular weight excluding hydrogens is 250 g/mol. The van der Waals surface area contributed by atoms with E-state index >= 15 is 0 Å². The molecule has 0 aliphatic rings. The minimum atomic E-state index is -0.0232. The van der Waals surface area contributed by atoms with Crippen molar-refractivity contribution in [2.24, 2.45) is 0 Å². The van der Waals surface area contributed by atoms with Gasteiger partial charge in [0.1, 0.15) is 11.5 Å². The predicted molar refractivity (Wildman–Crippen MR) is 80.1 cm³/mol. The van der Waals surface area contributed by atoms with Gasteiger partial charge in [-0.1, -0.05) is 18.2 Å². The van der Waals surface area contributed by atoms with E-state index in [1.807, 2.05) is 49.3 Å². The van der Waals surface area contributed by atoms with Gasteiger partial charge in [-0.3, -0.25) is 4.79 Å². The zero-order chi connectivity index (χ0) is 14.4. The van der Waals surface area contributed by atoms with Gasteiger partial charge in [0.25, 0.3) is 0 Å².